The zero-order valence-corrected chi connectivity index (χ0v) is 13.7. The van der Waals surface area contributed by atoms with Crippen molar-refractivity contribution in [2.75, 3.05) is 11.9 Å². The molecular weight excluding hydrogens is 296 g/mol. The molecule has 3 nitrogen and oxygen atoms in total. The van der Waals surface area contributed by atoms with Gasteiger partial charge in [-0.2, -0.15) is 0 Å². The summed E-state index contributed by atoms with van der Waals surface area (Å²) in [5, 5.41) is 7.07. The Hall–Kier alpha value is -1.84. The van der Waals surface area contributed by atoms with Crippen molar-refractivity contribution in [3.63, 3.8) is 0 Å². The monoisotopic (exact) mass is 316 g/mol. The van der Waals surface area contributed by atoms with E-state index in [2.05, 4.69) is 23.6 Å². The SMILES string of the molecule is CC(=O)Nc1cccc(C(C)NCCc2ccc(Cl)cc2)c1. The second-order valence-corrected chi connectivity index (χ2v) is 5.80. The van der Waals surface area contributed by atoms with Crippen LogP contribution in [0.3, 0.4) is 0 Å². The number of amides is 1. The quantitative estimate of drug-likeness (QED) is 0.839. The van der Waals surface area contributed by atoms with Crippen molar-refractivity contribution in [2.24, 2.45) is 0 Å². The Balaban J connectivity index is 1.87. The predicted molar refractivity (Wildman–Crippen MR) is 92.3 cm³/mol. The van der Waals surface area contributed by atoms with Crippen LogP contribution in [-0.4, -0.2) is 12.5 Å². The smallest absolute Gasteiger partial charge is 0.221 e. The number of carbonyl (C=O) groups excluding carboxylic acids is 1. The van der Waals surface area contributed by atoms with Crippen LogP contribution in [0.25, 0.3) is 0 Å². The van der Waals surface area contributed by atoms with Gasteiger partial charge in [-0.3, -0.25) is 4.79 Å². The van der Waals surface area contributed by atoms with E-state index in [1.54, 1.807) is 0 Å². The molecule has 0 saturated heterocycles. The van der Waals surface area contributed by atoms with E-state index >= 15 is 0 Å². The lowest BCUT2D eigenvalue weighted by Gasteiger charge is -2.15. The van der Waals surface area contributed by atoms with Crippen LogP contribution in [0.15, 0.2) is 48.5 Å². The molecule has 0 aliphatic rings. The summed E-state index contributed by atoms with van der Waals surface area (Å²) in [4.78, 5) is 11.1. The molecule has 0 aromatic heterocycles. The average molecular weight is 317 g/mol. The summed E-state index contributed by atoms with van der Waals surface area (Å²) in [6.07, 6.45) is 0.951. The van der Waals surface area contributed by atoms with Crippen molar-refractivity contribution in [1.82, 2.24) is 5.32 Å². The summed E-state index contributed by atoms with van der Waals surface area (Å²) >= 11 is 5.88. The third-order valence-corrected chi connectivity index (χ3v) is 3.74. The van der Waals surface area contributed by atoms with Crippen molar-refractivity contribution in [1.29, 1.82) is 0 Å². The third-order valence-electron chi connectivity index (χ3n) is 3.48. The van der Waals surface area contributed by atoms with Crippen LogP contribution in [0, 0.1) is 0 Å². The lowest BCUT2D eigenvalue weighted by molar-refractivity contribution is -0.114. The molecule has 0 aliphatic carbocycles. The van der Waals surface area contributed by atoms with Gasteiger partial charge < -0.3 is 10.6 Å². The zero-order chi connectivity index (χ0) is 15.9. The first-order valence-electron chi connectivity index (χ1n) is 7.40. The van der Waals surface area contributed by atoms with Gasteiger partial charge >= 0.3 is 0 Å². The zero-order valence-electron chi connectivity index (χ0n) is 12.9. The fraction of sp³-hybridized carbons (Fsp3) is 0.278. The van der Waals surface area contributed by atoms with E-state index in [9.17, 15) is 4.79 Å². The number of carbonyl (C=O) groups is 1. The van der Waals surface area contributed by atoms with Crippen molar-refractivity contribution < 1.29 is 4.79 Å². The van der Waals surface area contributed by atoms with E-state index in [0.29, 0.717) is 0 Å². The summed E-state index contributed by atoms with van der Waals surface area (Å²) in [5.74, 6) is -0.0551. The molecular formula is C18H21ClN2O. The van der Waals surface area contributed by atoms with Gasteiger partial charge in [-0.1, -0.05) is 35.9 Å². The first-order valence-corrected chi connectivity index (χ1v) is 7.78. The van der Waals surface area contributed by atoms with Crippen molar-refractivity contribution in [3.8, 4) is 0 Å². The molecule has 1 amide bonds. The van der Waals surface area contributed by atoms with Crippen LogP contribution >= 0.6 is 11.6 Å². The lowest BCUT2D eigenvalue weighted by Crippen LogP contribution is -2.21. The van der Waals surface area contributed by atoms with E-state index in [0.717, 1.165) is 29.2 Å². The number of hydrogen-bond acceptors (Lipinski definition) is 2. The number of benzene rings is 2. The van der Waals surface area contributed by atoms with E-state index in [1.807, 2.05) is 42.5 Å². The maximum atomic E-state index is 11.1. The number of anilines is 1. The molecule has 0 spiro atoms. The van der Waals surface area contributed by atoms with Gasteiger partial charge in [-0.15, -0.1) is 0 Å². The second kappa shape index (κ2) is 7.97. The van der Waals surface area contributed by atoms with Crippen LogP contribution in [0.1, 0.15) is 31.0 Å². The molecule has 0 saturated carbocycles. The van der Waals surface area contributed by atoms with Crippen LogP contribution in [0.4, 0.5) is 5.69 Å². The van der Waals surface area contributed by atoms with Gasteiger partial charge in [-0.25, -0.2) is 0 Å². The third kappa shape index (κ3) is 5.17. The van der Waals surface area contributed by atoms with Gasteiger partial charge in [0.1, 0.15) is 0 Å². The molecule has 0 bridgehead atoms. The lowest BCUT2D eigenvalue weighted by atomic mass is 10.1. The Kier molecular flexibility index (Phi) is 5.99. The van der Waals surface area contributed by atoms with E-state index in [4.69, 9.17) is 11.6 Å². The predicted octanol–water partition coefficient (Wildman–Crippen LogP) is 4.19. The fourth-order valence-electron chi connectivity index (χ4n) is 2.29. The highest BCUT2D eigenvalue weighted by molar-refractivity contribution is 6.30. The molecule has 0 aliphatic heterocycles. The fourth-order valence-corrected chi connectivity index (χ4v) is 2.42. The molecule has 22 heavy (non-hydrogen) atoms. The number of rotatable bonds is 6. The maximum absolute atomic E-state index is 11.1. The van der Waals surface area contributed by atoms with Crippen molar-refractivity contribution >= 4 is 23.2 Å². The van der Waals surface area contributed by atoms with Crippen LogP contribution in [-0.2, 0) is 11.2 Å². The second-order valence-electron chi connectivity index (χ2n) is 5.36. The Labute approximate surface area is 136 Å². The molecule has 0 heterocycles. The highest BCUT2D eigenvalue weighted by atomic mass is 35.5. The summed E-state index contributed by atoms with van der Waals surface area (Å²) in [6, 6.07) is 16.1. The van der Waals surface area contributed by atoms with E-state index in [-0.39, 0.29) is 11.9 Å². The van der Waals surface area contributed by atoms with Gasteiger partial charge in [0, 0.05) is 23.7 Å². The summed E-state index contributed by atoms with van der Waals surface area (Å²) < 4.78 is 0. The van der Waals surface area contributed by atoms with Crippen LogP contribution in [0.5, 0.6) is 0 Å². The van der Waals surface area contributed by atoms with Gasteiger partial charge in [-0.05, 0) is 55.3 Å². The molecule has 2 rings (SSSR count). The molecule has 1 unspecified atom stereocenters. The van der Waals surface area contributed by atoms with Crippen LogP contribution in [0.2, 0.25) is 5.02 Å². The molecule has 2 N–H and O–H groups in total. The van der Waals surface area contributed by atoms with Crippen LogP contribution < -0.4 is 10.6 Å². The summed E-state index contributed by atoms with van der Waals surface area (Å²) in [6.45, 7) is 4.52. The summed E-state index contributed by atoms with van der Waals surface area (Å²) in [7, 11) is 0. The Morgan fingerprint density at radius 3 is 2.59 bits per heavy atom. The number of hydrogen-bond donors (Lipinski definition) is 2. The standard InChI is InChI=1S/C18H21ClN2O/c1-13(16-4-3-5-18(12-16)21-14(2)22)20-11-10-15-6-8-17(19)9-7-15/h3-9,12-13,20H,10-11H2,1-2H3,(H,21,22). The minimum Gasteiger partial charge on any atom is -0.326 e. The Morgan fingerprint density at radius 1 is 1.18 bits per heavy atom. The highest BCUT2D eigenvalue weighted by Crippen LogP contribution is 2.17. The molecule has 2 aromatic rings. The van der Waals surface area contributed by atoms with Gasteiger partial charge in [0.2, 0.25) is 5.91 Å². The topological polar surface area (TPSA) is 41.1 Å². The van der Waals surface area contributed by atoms with Crippen molar-refractivity contribution in [3.05, 3.63) is 64.7 Å². The van der Waals surface area contributed by atoms with Gasteiger partial charge in [0.15, 0.2) is 0 Å². The van der Waals surface area contributed by atoms with Crippen molar-refractivity contribution in [2.45, 2.75) is 26.3 Å². The van der Waals surface area contributed by atoms with E-state index in [1.165, 1.54) is 12.5 Å². The van der Waals surface area contributed by atoms with E-state index < -0.39 is 0 Å². The molecule has 1 atom stereocenters. The van der Waals surface area contributed by atoms with Gasteiger partial charge in [0.25, 0.3) is 0 Å². The maximum Gasteiger partial charge on any atom is 0.221 e. The number of nitrogens with one attached hydrogen (secondary N) is 2. The molecule has 2 aromatic carbocycles. The first-order chi connectivity index (χ1) is 10.5. The number of halogens is 1. The normalized spacial score (nSPS) is 12.0. The molecule has 116 valence electrons. The minimum atomic E-state index is -0.0551. The summed E-state index contributed by atoms with van der Waals surface area (Å²) in [5.41, 5.74) is 3.25. The molecule has 0 radical (unpaired) electrons. The Bertz CT molecular complexity index is 625. The molecule has 4 heteroatoms. The highest BCUT2D eigenvalue weighted by Gasteiger charge is 2.06. The average Bonchev–Trinajstić information content (AvgIpc) is 2.49. The molecule has 0 fully saturated rings. The largest absolute Gasteiger partial charge is 0.326 e. The van der Waals surface area contributed by atoms with Gasteiger partial charge in [0.05, 0.1) is 0 Å². The Morgan fingerprint density at radius 2 is 1.91 bits per heavy atom. The minimum absolute atomic E-state index is 0.0551. The first kappa shape index (κ1) is 16.5.